The maximum atomic E-state index is 11.7. The van der Waals surface area contributed by atoms with Gasteiger partial charge in [-0.25, -0.2) is 0 Å². The van der Waals surface area contributed by atoms with Crippen LogP contribution in [0.3, 0.4) is 0 Å². The second-order valence-electron chi connectivity index (χ2n) is 4.02. The average Bonchev–Trinajstić information content (AvgIpc) is 2.94. The van der Waals surface area contributed by atoms with E-state index < -0.39 is 5.91 Å². The minimum Gasteiger partial charge on any atom is -0.412 e. The van der Waals surface area contributed by atoms with Crippen LogP contribution in [0.25, 0.3) is 11.5 Å². The third kappa shape index (κ3) is 3.79. The fourth-order valence-electron chi connectivity index (χ4n) is 1.52. The number of amides is 1. The van der Waals surface area contributed by atoms with Gasteiger partial charge in [-0.1, -0.05) is 11.6 Å². The molecule has 1 amide bonds. The largest absolute Gasteiger partial charge is 0.412 e. The number of carbonyl (C=O) groups is 1. The summed E-state index contributed by atoms with van der Waals surface area (Å²) in [5, 5.41) is 10.8. The van der Waals surface area contributed by atoms with Crippen LogP contribution in [-0.2, 0) is 4.74 Å². The van der Waals surface area contributed by atoms with Gasteiger partial charge in [0, 0.05) is 30.8 Å². The van der Waals surface area contributed by atoms with Crippen LogP contribution in [-0.4, -0.2) is 36.4 Å². The maximum Gasteiger partial charge on any atom is 0.308 e. The molecule has 0 aliphatic rings. The van der Waals surface area contributed by atoms with E-state index in [1.54, 1.807) is 31.4 Å². The van der Waals surface area contributed by atoms with E-state index in [0.29, 0.717) is 23.7 Å². The first-order valence-corrected chi connectivity index (χ1v) is 6.45. The van der Waals surface area contributed by atoms with Crippen molar-refractivity contribution >= 4 is 17.5 Å². The average molecular weight is 296 g/mol. The first kappa shape index (κ1) is 14.5. The van der Waals surface area contributed by atoms with Gasteiger partial charge in [-0.15, -0.1) is 10.2 Å². The van der Waals surface area contributed by atoms with Gasteiger partial charge < -0.3 is 14.5 Å². The van der Waals surface area contributed by atoms with E-state index >= 15 is 0 Å². The van der Waals surface area contributed by atoms with E-state index in [4.69, 9.17) is 20.8 Å². The summed E-state index contributed by atoms with van der Waals surface area (Å²) >= 11 is 5.80. The molecule has 1 aromatic carbocycles. The number of methoxy groups -OCH3 is 1. The first-order valence-electron chi connectivity index (χ1n) is 6.07. The van der Waals surface area contributed by atoms with Gasteiger partial charge in [0.25, 0.3) is 0 Å². The lowest BCUT2D eigenvalue weighted by Crippen LogP contribution is -2.25. The van der Waals surface area contributed by atoms with Crippen LogP contribution >= 0.6 is 11.6 Å². The number of rotatable bonds is 6. The van der Waals surface area contributed by atoms with Crippen molar-refractivity contribution in [1.82, 2.24) is 15.5 Å². The zero-order chi connectivity index (χ0) is 14.4. The van der Waals surface area contributed by atoms with E-state index in [1.807, 2.05) is 0 Å². The lowest BCUT2D eigenvalue weighted by atomic mass is 10.2. The van der Waals surface area contributed by atoms with Crippen LogP contribution in [0.4, 0.5) is 0 Å². The van der Waals surface area contributed by atoms with Crippen molar-refractivity contribution in [3.8, 4) is 11.5 Å². The van der Waals surface area contributed by atoms with E-state index in [0.717, 1.165) is 6.42 Å². The predicted molar refractivity (Wildman–Crippen MR) is 73.6 cm³/mol. The van der Waals surface area contributed by atoms with Crippen LogP contribution in [0.15, 0.2) is 28.7 Å². The Morgan fingerprint density at radius 1 is 1.35 bits per heavy atom. The zero-order valence-corrected chi connectivity index (χ0v) is 11.7. The number of carbonyl (C=O) groups excluding carboxylic acids is 1. The summed E-state index contributed by atoms with van der Waals surface area (Å²) in [4.78, 5) is 11.7. The van der Waals surface area contributed by atoms with E-state index in [9.17, 15) is 4.79 Å². The van der Waals surface area contributed by atoms with Crippen molar-refractivity contribution in [2.24, 2.45) is 0 Å². The minimum absolute atomic E-state index is 0.0626. The van der Waals surface area contributed by atoms with Crippen LogP contribution in [0.1, 0.15) is 17.1 Å². The van der Waals surface area contributed by atoms with Gasteiger partial charge >= 0.3 is 11.8 Å². The molecule has 7 heteroatoms. The lowest BCUT2D eigenvalue weighted by Gasteiger charge is -2.00. The number of halogens is 1. The Kier molecular flexibility index (Phi) is 5.09. The number of ether oxygens (including phenoxy) is 1. The molecular weight excluding hydrogens is 282 g/mol. The van der Waals surface area contributed by atoms with Gasteiger partial charge in [0.15, 0.2) is 0 Å². The lowest BCUT2D eigenvalue weighted by molar-refractivity contribution is 0.0914. The minimum atomic E-state index is -0.395. The highest BCUT2D eigenvalue weighted by Crippen LogP contribution is 2.20. The van der Waals surface area contributed by atoms with Crippen molar-refractivity contribution < 1.29 is 13.9 Å². The maximum absolute atomic E-state index is 11.7. The van der Waals surface area contributed by atoms with Crippen molar-refractivity contribution in [2.45, 2.75) is 6.42 Å². The molecule has 2 aromatic rings. The Morgan fingerprint density at radius 3 is 2.80 bits per heavy atom. The van der Waals surface area contributed by atoms with Gasteiger partial charge in [-0.3, -0.25) is 4.79 Å². The molecule has 0 unspecified atom stereocenters. The fraction of sp³-hybridized carbons (Fsp3) is 0.308. The summed E-state index contributed by atoms with van der Waals surface area (Å²) in [5.41, 5.74) is 0.709. The molecule has 1 N–H and O–H groups in total. The molecule has 0 spiro atoms. The second-order valence-corrected chi connectivity index (χ2v) is 4.46. The summed E-state index contributed by atoms with van der Waals surface area (Å²) in [6.45, 7) is 1.07. The quantitative estimate of drug-likeness (QED) is 0.826. The van der Waals surface area contributed by atoms with Gasteiger partial charge in [0.2, 0.25) is 5.89 Å². The molecule has 1 heterocycles. The second kappa shape index (κ2) is 7.02. The summed E-state index contributed by atoms with van der Waals surface area (Å²) in [6, 6.07) is 6.92. The highest BCUT2D eigenvalue weighted by molar-refractivity contribution is 6.30. The predicted octanol–water partition coefficient (Wildman–Crippen LogP) is 2.16. The summed E-state index contributed by atoms with van der Waals surface area (Å²) in [6.07, 6.45) is 0.723. The molecule has 0 atom stereocenters. The molecular formula is C13H14ClN3O3. The third-order valence-electron chi connectivity index (χ3n) is 2.52. The Labute approximate surface area is 121 Å². The molecule has 6 nitrogen and oxygen atoms in total. The third-order valence-corrected chi connectivity index (χ3v) is 2.77. The van der Waals surface area contributed by atoms with Crippen molar-refractivity contribution in [1.29, 1.82) is 0 Å². The van der Waals surface area contributed by atoms with Crippen LogP contribution in [0.2, 0.25) is 5.02 Å². The Hall–Kier alpha value is -1.92. The molecule has 0 radical (unpaired) electrons. The van der Waals surface area contributed by atoms with E-state index in [1.165, 1.54) is 0 Å². The summed E-state index contributed by atoms with van der Waals surface area (Å²) < 4.78 is 10.2. The number of benzene rings is 1. The molecule has 0 saturated heterocycles. The number of aromatic nitrogens is 2. The number of hydrogen-bond acceptors (Lipinski definition) is 5. The van der Waals surface area contributed by atoms with Crippen molar-refractivity contribution in [3.05, 3.63) is 35.2 Å². The van der Waals surface area contributed by atoms with Gasteiger partial charge in [0.1, 0.15) is 0 Å². The fourth-order valence-corrected chi connectivity index (χ4v) is 1.64. The van der Waals surface area contributed by atoms with Crippen LogP contribution in [0, 0.1) is 0 Å². The molecule has 0 aliphatic heterocycles. The van der Waals surface area contributed by atoms with Gasteiger partial charge in [0.05, 0.1) is 0 Å². The summed E-state index contributed by atoms with van der Waals surface area (Å²) in [5.74, 6) is -0.176. The molecule has 20 heavy (non-hydrogen) atoms. The standard InChI is InChI=1S/C13H14ClN3O3/c1-19-8-2-7-15-11(18)13-17-16-12(20-13)9-3-5-10(14)6-4-9/h3-6H,2,7-8H2,1H3,(H,15,18). The zero-order valence-electron chi connectivity index (χ0n) is 10.9. The highest BCUT2D eigenvalue weighted by atomic mass is 35.5. The van der Waals surface area contributed by atoms with Gasteiger partial charge in [-0.2, -0.15) is 0 Å². The molecule has 2 rings (SSSR count). The Balaban J connectivity index is 1.98. The van der Waals surface area contributed by atoms with Crippen LogP contribution in [0.5, 0.6) is 0 Å². The topological polar surface area (TPSA) is 77.2 Å². The highest BCUT2D eigenvalue weighted by Gasteiger charge is 2.15. The molecule has 0 saturated carbocycles. The molecule has 106 valence electrons. The SMILES string of the molecule is COCCCNC(=O)c1nnc(-c2ccc(Cl)cc2)o1. The van der Waals surface area contributed by atoms with Crippen molar-refractivity contribution in [3.63, 3.8) is 0 Å². The van der Waals surface area contributed by atoms with Crippen molar-refractivity contribution in [2.75, 3.05) is 20.3 Å². The molecule has 0 fully saturated rings. The number of nitrogens with zero attached hydrogens (tertiary/aromatic N) is 2. The number of hydrogen-bond donors (Lipinski definition) is 1. The molecule has 0 aliphatic carbocycles. The normalized spacial score (nSPS) is 10.5. The molecule has 0 bridgehead atoms. The van der Waals surface area contributed by atoms with Crippen LogP contribution < -0.4 is 5.32 Å². The monoisotopic (exact) mass is 295 g/mol. The first-order chi connectivity index (χ1) is 9.70. The van der Waals surface area contributed by atoms with E-state index in [-0.39, 0.29) is 11.8 Å². The Bertz CT molecular complexity index is 568. The molecule has 1 aromatic heterocycles. The summed E-state index contributed by atoms with van der Waals surface area (Å²) in [7, 11) is 1.61. The van der Waals surface area contributed by atoms with Gasteiger partial charge in [-0.05, 0) is 30.7 Å². The number of nitrogens with one attached hydrogen (secondary N) is 1. The Morgan fingerprint density at radius 2 is 2.10 bits per heavy atom. The smallest absolute Gasteiger partial charge is 0.308 e. The van der Waals surface area contributed by atoms with E-state index in [2.05, 4.69) is 15.5 Å².